The van der Waals surface area contributed by atoms with Crippen LogP contribution in [0.1, 0.15) is 73.8 Å². The number of phenols is 1. The lowest BCUT2D eigenvalue weighted by Gasteiger charge is -2.48. The molecular formula is C35H45N5O12. The standard InChI is InChI=1S/C35H45N5O12/c1-15-10-17-26(29(45)24(15)19(6-9-41)40-34(37)38-2)30(46)27-21(12-20(50-3)18(13-42)25(27)28(17)44)51-33-31(47)32(48)35(49,22(14-43)52-33)7-4-16-5-8-39-23(36)11-16/h5,10-12,19,22,31-33,39,41-43,45,47-49H,4,6-9,13-14,36H2,1-3H3,(H3,37,38,40)/t19-,22+,31+,32+,33+,35+/m0/s1. The first-order chi connectivity index (χ1) is 24.8. The zero-order chi connectivity index (χ0) is 38.1. The fraction of sp³-hybridized carbons (Fsp3) is 0.457. The number of aliphatic imine (C=N–C) groups is 1. The second-order valence-corrected chi connectivity index (χ2v) is 12.8. The van der Waals surface area contributed by atoms with Crippen molar-refractivity contribution in [3.8, 4) is 17.2 Å². The molecule has 0 radical (unpaired) electrons. The van der Waals surface area contributed by atoms with E-state index in [1.807, 2.05) is 6.08 Å². The van der Waals surface area contributed by atoms with Crippen molar-refractivity contribution in [3.05, 3.63) is 74.6 Å². The Kier molecular flexibility index (Phi) is 11.4. The number of methoxy groups -OCH3 is 1. The zero-order valence-corrected chi connectivity index (χ0v) is 28.9. The Hall–Kier alpha value is -4.75. The van der Waals surface area contributed by atoms with Crippen LogP contribution in [0, 0.1) is 6.92 Å². The van der Waals surface area contributed by atoms with Crippen LogP contribution in [-0.4, -0.2) is 117 Å². The number of aliphatic hydroxyl groups excluding tert-OH is 5. The highest BCUT2D eigenvalue weighted by atomic mass is 16.7. The minimum atomic E-state index is -2.16. The van der Waals surface area contributed by atoms with Gasteiger partial charge in [-0.2, -0.15) is 0 Å². The van der Waals surface area contributed by atoms with Crippen LogP contribution < -0.4 is 31.6 Å². The van der Waals surface area contributed by atoms with Crippen molar-refractivity contribution in [3.63, 3.8) is 0 Å². The average molecular weight is 728 g/mol. The number of dihydropyridines is 1. The molecule has 1 saturated heterocycles. The molecule has 0 bridgehead atoms. The molecule has 2 aromatic carbocycles. The molecule has 5 rings (SSSR count). The Labute approximate surface area is 298 Å². The Morgan fingerprint density at radius 3 is 2.50 bits per heavy atom. The Morgan fingerprint density at radius 2 is 1.88 bits per heavy atom. The van der Waals surface area contributed by atoms with Crippen LogP contribution in [0.4, 0.5) is 0 Å². The second kappa shape index (κ2) is 15.5. The number of aromatic hydroxyl groups is 1. The first kappa shape index (κ1) is 38.5. The fourth-order valence-corrected chi connectivity index (χ4v) is 7.02. The normalized spacial score (nSPS) is 25.0. The van der Waals surface area contributed by atoms with Crippen molar-refractivity contribution in [2.45, 2.75) is 69.0 Å². The van der Waals surface area contributed by atoms with E-state index in [1.165, 1.54) is 26.3 Å². The fourth-order valence-electron chi connectivity index (χ4n) is 7.02. The third-order valence-corrected chi connectivity index (χ3v) is 9.74. The number of nitrogens with one attached hydrogen (secondary N) is 2. The molecule has 1 aliphatic carbocycles. The highest BCUT2D eigenvalue weighted by molar-refractivity contribution is 6.31. The van der Waals surface area contributed by atoms with Crippen molar-refractivity contribution >= 4 is 17.5 Å². The molecule has 2 aromatic rings. The molecule has 17 nitrogen and oxygen atoms in total. The third kappa shape index (κ3) is 6.79. The number of aliphatic hydroxyl groups is 6. The molecule has 17 heteroatoms. The van der Waals surface area contributed by atoms with Gasteiger partial charge in [0.15, 0.2) is 11.7 Å². The minimum absolute atomic E-state index is 0.00990. The number of ether oxygens (including phenoxy) is 3. The van der Waals surface area contributed by atoms with Gasteiger partial charge in [0.1, 0.15) is 41.2 Å². The van der Waals surface area contributed by atoms with Crippen LogP contribution in [0.25, 0.3) is 0 Å². The molecule has 0 saturated carbocycles. The molecule has 0 amide bonds. The number of phenolic OH excluding ortho intramolecular Hbond substituents is 1. The van der Waals surface area contributed by atoms with Crippen LogP contribution in [0.3, 0.4) is 0 Å². The molecule has 3 aliphatic rings. The maximum absolute atomic E-state index is 14.5. The van der Waals surface area contributed by atoms with Crippen LogP contribution in [0.5, 0.6) is 17.2 Å². The van der Waals surface area contributed by atoms with E-state index in [4.69, 9.17) is 25.7 Å². The molecule has 0 aromatic heterocycles. The number of carbonyl (C=O) groups is 2. The van der Waals surface area contributed by atoms with E-state index in [-0.39, 0.29) is 65.6 Å². The van der Waals surface area contributed by atoms with Gasteiger partial charge in [-0.1, -0.05) is 6.08 Å². The second-order valence-electron chi connectivity index (χ2n) is 12.8. The Bertz CT molecular complexity index is 1820. The monoisotopic (exact) mass is 727 g/mol. The summed E-state index contributed by atoms with van der Waals surface area (Å²) >= 11 is 0. The van der Waals surface area contributed by atoms with Gasteiger partial charge in [-0.05, 0) is 49.5 Å². The van der Waals surface area contributed by atoms with Gasteiger partial charge in [0.05, 0.1) is 43.3 Å². The molecular weight excluding hydrogens is 682 g/mol. The lowest BCUT2D eigenvalue weighted by Crippen LogP contribution is -2.67. The van der Waals surface area contributed by atoms with E-state index in [0.717, 1.165) is 5.57 Å². The van der Waals surface area contributed by atoms with Crippen LogP contribution in [0.15, 0.2) is 40.7 Å². The SMILES string of the molecule is CN=C(N)N[C@@H](CCO)c1c(C)cc2c(c1O)C(=O)c1c(O[C@@H]3O[C@H](CO)[C@](O)(CCC4=CCNC(N)=C4)[C@H](O)[C@H]3O)cc(OC)c(CO)c1C2=O. The highest BCUT2D eigenvalue weighted by Crippen LogP contribution is 2.46. The minimum Gasteiger partial charge on any atom is -0.507 e. The molecule has 0 spiro atoms. The van der Waals surface area contributed by atoms with Gasteiger partial charge >= 0.3 is 0 Å². The summed E-state index contributed by atoms with van der Waals surface area (Å²) in [7, 11) is 2.69. The first-order valence-corrected chi connectivity index (χ1v) is 16.6. The highest BCUT2D eigenvalue weighted by Gasteiger charge is 2.55. The van der Waals surface area contributed by atoms with Gasteiger partial charge in [0.2, 0.25) is 12.1 Å². The topological polar surface area (TPSA) is 292 Å². The third-order valence-electron chi connectivity index (χ3n) is 9.74. The summed E-state index contributed by atoms with van der Waals surface area (Å²) < 4.78 is 17.3. The van der Waals surface area contributed by atoms with E-state index in [9.17, 15) is 45.3 Å². The number of nitrogens with zero attached hydrogens (tertiary/aromatic N) is 1. The summed E-state index contributed by atoms with van der Waals surface area (Å²) in [6, 6.07) is 1.75. The number of guanidine groups is 1. The van der Waals surface area contributed by atoms with Gasteiger partial charge in [0, 0.05) is 48.5 Å². The average Bonchev–Trinajstić information content (AvgIpc) is 3.12. The van der Waals surface area contributed by atoms with E-state index in [2.05, 4.69) is 15.6 Å². The molecule has 0 unspecified atom stereocenters. The number of allylic oxidation sites excluding steroid dienone is 2. The predicted octanol–water partition coefficient (Wildman–Crippen LogP) is -1.41. The smallest absolute Gasteiger partial charge is 0.229 e. The lowest BCUT2D eigenvalue weighted by molar-refractivity contribution is -0.314. The molecule has 1 fully saturated rings. The molecule has 6 atom stereocenters. The van der Waals surface area contributed by atoms with Gasteiger partial charge in [0.25, 0.3) is 0 Å². The van der Waals surface area contributed by atoms with Crippen molar-refractivity contribution in [1.29, 1.82) is 0 Å². The maximum atomic E-state index is 14.5. The van der Waals surface area contributed by atoms with Gasteiger partial charge in [-0.25, -0.2) is 0 Å². The molecule has 282 valence electrons. The maximum Gasteiger partial charge on any atom is 0.229 e. The number of hydrogen-bond donors (Lipinski definition) is 11. The van der Waals surface area contributed by atoms with Gasteiger partial charge in [-0.3, -0.25) is 14.6 Å². The predicted molar refractivity (Wildman–Crippen MR) is 185 cm³/mol. The van der Waals surface area contributed by atoms with E-state index in [1.54, 1.807) is 13.0 Å². The number of nitrogens with two attached hydrogens (primary N) is 2. The summed E-state index contributed by atoms with van der Waals surface area (Å²) in [5, 5.41) is 81.9. The van der Waals surface area contributed by atoms with Crippen molar-refractivity contribution < 1.29 is 59.5 Å². The van der Waals surface area contributed by atoms with Crippen LogP contribution in [0.2, 0.25) is 0 Å². The number of rotatable bonds is 12. The number of benzene rings is 2. The zero-order valence-electron chi connectivity index (χ0n) is 28.9. The summed E-state index contributed by atoms with van der Waals surface area (Å²) in [6.07, 6.45) is -3.60. The van der Waals surface area contributed by atoms with Crippen molar-refractivity contribution in [1.82, 2.24) is 10.6 Å². The number of ketones is 2. The lowest BCUT2D eigenvalue weighted by atomic mass is 9.78. The molecule has 13 N–H and O–H groups in total. The van der Waals surface area contributed by atoms with E-state index < -0.39 is 77.9 Å². The van der Waals surface area contributed by atoms with Crippen LogP contribution in [-0.2, 0) is 11.3 Å². The van der Waals surface area contributed by atoms with Crippen molar-refractivity contribution in [2.75, 3.05) is 33.9 Å². The summed E-state index contributed by atoms with van der Waals surface area (Å²) in [5.41, 5.74) is 9.51. The molecule has 2 heterocycles. The molecule has 52 heavy (non-hydrogen) atoms. The van der Waals surface area contributed by atoms with E-state index in [0.29, 0.717) is 17.9 Å². The van der Waals surface area contributed by atoms with Crippen LogP contribution >= 0.6 is 0 Å². The number of aryl methyl sites for hydroxylation is 1. The quantitative estimate of drug-likeness (QED) is 0.0755. The number of hydrogen-bond acceptors (Lipinski definition) is 15. The first-order valence-electron chi connectivity index (χ1n) is 16.6. The number of fused-ring (bicyclic) bond motifs is 2. The van der Waals surface area contributed by atoms with Crippen molar-refractivity contribution in [2.24, 2.45) is 16.5 Å². The Balaban J connectivity index is 1.57. The molecule has 2 aliphatic heterocycles. The van der Waals surface area contributed by atoms with Gasteiger partial charge in [-0.15, -0.1) is 0 Å². The van der Waals surface area contributed by atoms with Gasteiger partial charge < -0.3 is 72.1 Å². The Morgan fingerprint density at radius 1 is 1.15 bits per heavy atom. The van der Waals surface area contributed by atoms with E-state index >= 15 is 0 Å². The summed E-state index contributed by atoms with van der Waals surface area (Å²) in [4.78, 5) is 32.5. The summed E-state index contributed by atoms with van der Waals surface area (Å²) in [5.74, 6) is -2.29. The number of carbonyl (C=O) groups excluding carboxylic acids is 2. The largest absolute Gasteiger partial charge is 0.507 e. The summed E-state index contributed by atoms with van der Waals surface area (Å²) in [6.45, 7) is 0.171.